The molecular formula is C14H16F3NO2. The molecule has 110 valence electrons. The Bertz CT molecular complexity index is 516. The van der Waals surface area contributed by atoms with Gasteiger partial charge in [-0.05, 0) is 18.2 Å². The predicted molar refractivity (Wildman–Crippen MR) is 68.2 cm³/mol. The van der Waals surface area contributed by atoms with Crippen LogP contribution in [0.15, 0.2) is 24.3 Å². The minimum absolute atomic E-state index is 0.124. The van der Waals surface area contributed by atoms with E-state index in [0.717, 1.165) is 18.2 Å². The van der Waals surface area contributed by atoms with Gasteiger partial charge in [0.05, 0.1) is 12.1 Å². The number of alkyl halides is 3. The smallest absolute Gasteiger partial charge is 0.345 e. The van der Waals surface area contributed by atoms with E-state index >= 15 is 0 Å². The number of hydrogen-bond donors (Lipinski definition) is 1. The molecule has 0 saturated carbocycles. The fourth-order valence-electron chi connectivity index (χ4n) is 1.36. The van der Waals surface area contributed by atoms with Crippen molar-refractivity contribution in [2.75, 3.05) is 6.54 Å². The Hall–Kier alpha value is -1.85. The molecule has 1 aromatic carbocycles. The molecule has 20 heavy (non-hydrogen) atoms. The number of Topliss-reactive ketones (excluding diaryl/α,β-unsaturated/α-hetero) is 1. The maximum absolute atomic E-state index is 12.5. The Balaban J connectivity index is 2.77. The number of benzene rings is 1. The van der Waals surface area contributed by atoms with E-state index in [1.54, 1.807) is 20.8 Å². The Labute approximate surface area is 115 Å². The summed E-state index contributed by atoms with van der Waals surface area (Å²) in [4.78, 5) is 23.4. The van der Waals surface area contributed by atoms with E-state index in [1.807, 2.05) is 0 Å². The second-order valence-corrected chi connectivity index (χ2v) is 5.43. The largest absolute Gasteiger partial charge is 0.416 e. The van der Waals surface area contributed by atoms with Gasteiger partial charge in [0.25, 0.3) is 5.91 Å². The number of nitrogens with one attached hydrogen (secondary N) is 1. The van der Waals surface area contributed by atoms with E-state index in [4.69, 9.17) is 0 Å². The molecule has 0 fully saturated rings. The van der Waals surface area contributed by atoms with Crippen LogP contribution in [-0.4, -0.2) is 18.2 Å². The highest BCUT2D eigenvalue weighted by Crippen LogP contribution is 2.29. The molecule has 1 aromatic rings. The molecule has 0 bridgehead atoms. The van der Waals surface area contributed by atoms with Gasteiger partial charge in [-0.1, -0.05) is 26.8 Å². The molecule has 0 aliphatic heterocycles. The van der Waals surface area contributed by atoms with Gasteiger partial charge < -0.3 is 5.32 Å². The van der Waals surface area contributed by atoms with Gasteiger partial charge in [0.2, 0.25) is 0 Å². The van der Waals surface area contributed by atoms with Crippen LogP contribution >= 0.6 is 0 Å². The lowest BCUT2D eigenvalue weighted by atomic mass is 9.91. The van der Waals surface area contributed by atoms with Gasteiger partial charge in [-0.3, -0.25) is 9.59 Å². The topological polar surface area (TPSA) is 46.2 Å². The Kier molecular flexibility index (Phi) is 4.57. The Morgan fingerprint density at radius 3 is 2.25 bits per heavy atom. The third-order valence-corrected chi connectivity index (χ3v) is 2.70. The van der Waals surface area contributed by atoms with Crippen LogP contribution in [0.4, 0.5) is 13.2 Å². The first-order chi connectivity index (χ1) is 9.01. The lowest BCUT2D eigenvalue weighted by Crippen LogP contribution is -2.35. The number of carbonyl (C=O) groups is 2. The average Bonchev–Trinajstić information content (AvgIpc) is 2.33. The van der Waals surface area contributed by atoms with Crippen LogP contribution in [0.25, 0.3) is 0 Å². The van der Waals surface area contributed by atoms with E-state index < -0.39 is 23.1 Å². The van der Waals surface area contributed by atoms with Gasteiger partial charge in [-0.25, -0.2) is 0 Å². The summed E-state index contributed by atoms with van der Waals surface area (Å²) < 4.78 is 37.5. The molecule has 0 unspecified atom stereocenters. The molecule has 0 radical (unpaired) electrons. The minimum Gasteiger partial charge on any atom is -0.345 e. The monoisotopic (exact) mass is 287 g/mol. The van der Waals surface area contributed by atoms with Crippen molar-refractivity contribution in [3.05, 3.63) is 35.4 Å². The first kappa shape index (κ1) is 16.2. The third-order valence-electron chi connectivity index (χ3n) is 2.70. The number of hydrogen-bond acceptors (Lipinski definition) is 2. The van der Waals surface area contributed by atoms with E-state index in [9.17, 15) is 22.8 Å². The molecule has 0 saturated heterocycles. The van der Waals surface area contributed by atoms with Crippen molar-refractivity contribution < 1.29 is 22.8 Å². The van der Waals surface area contributed by atoms with Crippen molar-refractivity contribution in [3.8, 4) is 0 Å². The zero-order valence-electron chi connectivity index (χ0n) is 11.5. The number of ketones is 1. The summed E-state index contributed by atoms with van der Waals surface area (Å²) in [5.41, 5.74) is -1.63. The highest BCUT2D eigenvalue weighted by molar-refractivity contribution is 5.97. The van der Waals surface area contributed by atoms with Crippen molar-refractivity contribution in [3.63, 3.8) is 0 Å². The molecule has 0 spiro atoms. The standard InChI is InChI=1S/C14H16F3NO2/c1-13(2,3)11(19)8-18-12(20)9-5-4-6-10(7-9)14(15,16)17/h4-7H,8H2,1-3H3,(H,18,20). The quantitative estimate of drug-likeness (QED) is 0.928. The number of halogens is 3. The molecule has 0 atom stereocenters. The minimum atomic E-state index is -4.50. The molecule has 1 rings (SSSR count). The van der Waals surface area contributed by atoms with Crippen molar-refractivity contribution in [2.24, 2.45) is 5.41 Å². The highest BCUT2D eigenvalue weighted by atomic mass is 19.4. The summed E-state index contributed by atoms with van der Waals surface area (Å²) in [6.45, 7) is 4.89. The van der Waals surface area contributed by atoms with Crippen LogP contribution in [0.2, 0.25) is 0 Å². The molecule has 1 N–H and O–H groups in total. The molecule has 0 heterocycles. The highest BCUT2D eigenvalue weighted by Gasteiger charge is 2.31. The van der Waals surface area contributed by atoms with Crippen LogP contribution in [0.5, 0.6) is 0 Å². The van der Waals surface area contributed by atoms with Crippen LogP contribution in [-0.2, 0) is 11.0 Å². The van der Waals surface area contributed by atoms with Gasteiger partial charge in [0.15, 0.2) is 5.78 Å². The van der Waals surface area contributed by atoms with Gasteiger partial charge in [-0.15, -0.1) is 0 Å². The summed E-state index contributed by atoms with van der Waals surface area (Å²) in [7, 11) is 0. The van der Waals surface area contributed by atoms with E-state index in [1.165, 1.54) is 6.07 Å². The first-order valence-electron chi connectivity index (χ1n) is 6.00. The maximum atomic E-state index is 12.5. The van der Waals surface area contributed by atoms with Crippen LogP contribution in [0.1, 0.15) is 36.7 Å². The fraction of sp³-hybridized carbons (Fsp3) is 0.429. The summed E-state index contributed by atoms with van der Waals surface area (Å²) in [6, 6.07) is 4.07. The van der Waals surface area contributed by atoms with Crippen LogP contribution < -0.4 is 5.32 Å². The van der Waals surface area contributed by atoms with Crippen molar-refractivity contribution in [1.29, 1.82) is 0 Å². The molecule has 0 aromatic heterocycles. The summed E-state index contributed by atoms with van der Waals surface area (Å²) >= 11 is 0. The zero-order chi connectivity index (χ0) is 15.6. The summed E-state index contributed by atoms with van der Waals surface area (Å²) in [5, 5.41) is 2.33. The first-order valence-corrected chi connectivity index (χ1v) is 6.00. The second-order valence-electron chi connectivity index (χ2n) is 5.43. The fourth-order valence-corrected chi connectivity index (χ4v) is 1.36. The predicted octanol–water partition coefficient (Wildman–Crippen LogP) is 3.05. The lowest BCUT2D eigenvalue weighted by Gasteiger charge is -2.16. The summed E-state index contributed by atoms with van der Waals surface area (Å²) in [6.07, 6.45) is -4.50. The maximum Gasteiger partial charge on any atom is 0.416 e. The molecular weight excluding hydrogens is 271 g/mol. The second kappa shape index (κ2) is 5.64. The SMILES string of the molecule is CC(C)(C)C(=O)CNC(=O)c1cccc(C(F)(F)F)c1. The molecule has 1 amide bonds. The number of carbonyl (C=O) groups excluding carboxylic acids is 2. The van der Waals surface area contributed by atoms with Crippen molar-refractivity contribution in [2.45, 2.75) is 26.9 Å². The van der Waals surface area contributed by atoms with Crippen LogP contribution in [0, 0.1) is 5.41 Å². The van der Waals surface area contributed by atoms with Crippen molar-refractivity contribution >= 4 is 11.7 Å². The van der Waals surface area contributed by atoms with Gasteiger partial charge >= 0.3 is 6.18 Å². The number of rotatable bonds is 3. The molecule has 0 aliphatic rings. The van der Waals surface area contributed by atoms with E-state index in [-0.39, 0.29) is 17.9 Å². The van der Waals surface area contributed by atoms with Gasteiger partial charge in [0, 0.05) is 11.0 Å². The van der Waals surface area contributed by atoms with Gasteiger partial charge in [0.1, 0.15) is 0 Å². The zero-order valence-corrected chi connectivity index (χ0v) is 11.5. The van der Waals surface area contributed by atoms with Crippen LogP contribution in [0.3, 0.4) is 0 Å². The normalized spacial score (nSPS) is 12.1. The third kappa shape index (κ3) is 4.36. The Morgan fingerprint density at radius 2 is 1.75 bits per heavy atom. The molecule has 3 nitrogen and oxygen atoms in total. The van der Waals surface area contributed by atoms with Crippen molar-refractivity contribution in [1.82, 2.24) is 5.32 Å². The molecule has 6 heteroatoms. The van der Waals surface area contributed by atoms with E-state index in [0.29, 0.717) is 0 Å². The lowest BCUT2D eigenvalue weighted by molar-refractivity contribution is -0.137. The molecule has 0 aliphatic carbocycles. The van der Waals surface area contributed by atoms with E-state index in [2.05, 4.69) is 5.32 Å². The number of amides is 1. The van der Waals surface area contributed by atoms with Gasteiger partial charge in [-0.2, -0.15) is 13.2 Å². The summed E-state index contributed by atoms with van der Waals surface area (Å²) in [5.74, 6) is -0.897. The Morgan fingerprint density at radius 1 is 1.15 bits per heavy atom. The average molecular weight is 287 g/mol.